The molecular weight excluding hydrogens is 446 g/mol. The minimum absolute atomic E-state index is 0.119. The van der Waals surface area contributed by atoms with Crippen LogP contribution in [-0.2, 0) is 4.74 Å². The molecule has 3 aromatic rings. The van der Waals surface area contributed by atoms with Gasteiger partial charge < -0.3 is 14.4 Å². The molecule has 0 radical (unpaired) electrons. The maximum absolute atomic E-state index is 13.0. The number of benzene rings is 1. The van der Waals surface area contributed by atoms with E-state index in [0.29, 0.717) is 24.9 Å². The van der Waals surface area contributed by atoms with Crippen molar-refractivity contribution in [3.8, 4) is 16.9 Å². The standard InChI is InChI=1S/C26H29N5O4/c1-26(2,3)35-24(32)23-7-8-31(29-23)25(33)30-14-18-10-22(11-19(18)15-30)34-21-6-4-5-17(9-21)20-12-27-16-28-13-20/h4-9,12-13,16,18-19,22H,10-11,14-15H2,1-3H3. The first-order chi connectivity index (χ1) is 16.7. The van der Waals surface area contributed by atoms with Crippen molar-refractivity contribution in [2.75, 3.05) is 13.1 Å². The molecule has 9 nitrogen and oxygen atoms in total. The number of nitrogens with zero attached hydrogens (tertiary/aromatic N) is 5. The highest BCUT2D eigenvalue weighted by atomic mass is 16.6. The minimum atomic E-state index is -0.618. The van der Waals surface area contributed by atoms with E-state index < -0.39 is 11.6 Å². The predicted octanol–water partition coefficient (Wildman–Crippen LogP) is 4.05. The van der Waals surface area contributed by atoms with Gasteiger partial charge in [-0.3, -0.25) is 0 Å². The first-order valence-corrected chi connectivity index (χ1v) is 11.9. The van der Waals surface area contributed by atoms with E-state index in [1.165, 1.54) is 23.3 Å². The average Bonchev–Trinajstić information content (AvgIpc) is 3.54. The van der Waals surface area contributed by atoms with Crippen LogP contribution < -0.4 is 4.74 Å². The molecule has 2 atom stereocenters. The van der Waals surface area contributed by atoms with E-state index in [-0.39, 0.29) is 17.8 Å². The van der Waals surface area contributed by atoms with Crippen LogP contribution in [0.5, 0.6) is 5.75 Å². The molecule has 1 aromatic carbocycles. The van der Waals surface area contributed by atoms with Crippen LogP contribution in [0.15, 0.2) is 55.2 Å². The van der Waals surface area contributed by atoms with Gasteiger partial charge in [-0.05, 0) is 69.2 Å². The maximum Gasteiger partial charge on any atom is 0.359 e. The van der Waals surface area contributed by atoms with Crippen LogP contribution in [0.2, 0.25) is 0 Å². The lowest BCUT2D eigenvalue weighted by atomic mass is 10.0. The number of likely N-dealkylation sites (tertiary alicyclic amines) is 1. The SMILES string of the molecule is CC(C)(C)OC(=O)c1ccn(C(=O)N2CC3CC(Oc4cccc(-c5cncnc5)c4)CC3C2)n1. The summed E-state index contributed by atoms with van der Waals surface area (Å²) < 4.78 is 12.9. The normalized spacial score (nSPS) is 21.6. The fourth-order valence-electron chi connectivity index (χ4n) is 4.90. The number of hydrogen-bond donors (Lipinski definition) is 0. The Bertz CT molecular complexity index is 1210. The summed E-state index contributed by atoms with van der Waals surface area (Å²) in [6.45, 7) is 6.70. The molecule has 1 amide bonds. The van der Waals surface area contributed by atoms with Crippen molar-refractivity contribution >= 4 is 12.0 Å². The molecule has 2 fully saturated rings. The Kier molecular flexibility index (Phi) is 6.00. The van der Waals surface area contributed by atoms with E-state index >= 15 is 0 Å². The second kappa shape index (κ2) is 9.13. The number of fused-ring (bicyclic) bond motifs is 1. The molecule has 2 aromatic heterocycles. The summed E-state index contributed by atoms with van der Waals surface area (Å²) in [6.07, 6.45) is 8.52. The van der Waals surface area contributed by atoms with Crippen molar-refractivity contribution in [3.63, 3.8) is 0 Å². The summed E-state index contributed by atoms with van der Waals surface area (Å²) >= 11 is 0. The molecule has 9 heteroatoms. The van der Waals surface area contributed by atoms with Gasteiger partial charge in [-0.1, -0.05) is 12.1 Å². The van der Waals surface area contributed by atoms with Gasteiger partial charge in [0.05, 0.1) is 6.10 Å². The van der Waals surface area contributed by atoms with E-state index in [0.717, 1.165) is 29.7 Å². The van der Waals surface area contributed by atoms with Crippen molar-refractivity contribution in [1.82, 2.24) is 24.6 Å². The first kappa shape index (κ1) is 23.0. The zero-order valence-corrected chi connectivity index (χ0v) is 20.1. The quantitative estimate of drug-likeness (QED) is 0.525. The molecule has 0 N–H and O–H groups in total. The third-order valence-corrected chi connectivity index (χ3v) is 6.40. The number of amides is 1. The van der Waals surface area contributed by atoms with E-state index in [1.54, 1.807) is 33.2 Å². The van der Waals surface area contributed by atoms with Gasteiger partial charge in [0.25, 0.3) is 0 Å². The molecule has 1 saturated carbocycles. The van der Waals surface area contributed by atoms with Gasteiger partial charge in [0.15, 0.2) is 5.69 Å². The monoisotopic (exact) mass is 475 g/mol. The molecule has 1 saturated heterocycles. The van der Waals surface area contributed by atoms with Crippen molar-refractivity contribution in [1.29, 1.82) is 0 Å². The van der Waals surface area contributed by atoms with Crippen molar-refractivity contribution in [2.24, 2.45) is 11.8 Å². The fourth-order valence-corrected chi connectivity index (χ4v) is 4.90. The lowest BCUT2D eigenvalue weighted by molar-refractivity contribution is 0.00623. The molecule has 182 valence electrons. The Balaban J connectivity index is 1.17. The van der Waals surface area contributed by atoms with E-state index in [4.69, 9.17) is 9.47 Å². The van der Waals surface area contributed by atoms with Crippen LogP contribution >= 0.6 is 0 Å². The van der Waals surface area contributed by atoms with Crippen molar-refractivity contribution in [3.05, 3.63) is 60.9 Å². The van der Waals surface area contributed by atoms with Crippen LogP contribution in [0.25, 0.3) is 11.1 Å². The van der Waals surface area contributed by atoms with Gasteiger partial charge in [0.1, 0.15) is 17.7 Å². The number of ether oxygens (including phenoxy) is 2. The number of carbonyl (C=O) groups excluding carboxylic acids is 2. The Hall–Kier alpha value is -3.75. The zero-order valence-electron chi connectivity index (χ0n) is 20.1. The molecule has 0 bridgehead atoms. The number of hydrogen-bond acceptors (Lipinski definition) is 7. The van der Waals surface area contributed by atoms with Gasteiger partial charge in [0.2, 0.25) is 0 Å². The van der Waals surface area contributed by atoms with Gasteiger partial charge in [-0.15, -0.1) is 0 Å². The van der Waals surface area contributed by atoms with E-state index in [9.17, 15) is 9.59 Å². The predicted molar refractivity (Wildman–Crippen MR) is 128 cm³/mol. The molecule has 3 heterocycles. The second-order valence-corrected chi connectivity index (χ2v) is 10.2. The fraction of sp³-hybridized carbons (Fsp3) is 0.423. The molecule has 2 unspecified atom stereocenters. The van der Waals surface area contributed by atoms with Crippen LogP contribution in [-0.4, -0.2) is 61.4 Å². The molecule has 1 aliphatic carbocycles. The van der Waals surface area contributed by atoms with Gasteiger partial charge in [-0.2, -0.15) is 9.78 Å². The molecule has 2 aliphatic rings. The Morgan fingerprint density at radius 1 is 1.00 bits per heavy atom. The molecule has 1 aliphatic heterocycles. The van der Waals surface area contributed by atoms with Gasteiger partial charge in [-0.25, -0.2) is 19.6 Å². The Morgan fingerprint density at radius 3 is 2.40 bits per heavy atom. The van der Waals surface area contributed by atoms with Crippen LogP contribution in [0.4, 0.5) is 4.79 Å². The summed E-state index contributed by atoms with van der Waals surface area (Å²) in [4.78, 5) is 35.2. The number of esters is 1. The zero-order chi connectivity index (χ0) is 24.6. The molecular formula is C26H29N5O4. The highest BCUT2D eigenvalue weighted by Crippen LogP contribution is 2.40. The highest BCUT2D eigenvalue weighted by molar-refractivity contribution is 5.88. The lowest BCUT2D eigenvalue weighted by Crippen LogP contribution is -2.35. The minimum Gasteiger partial charge on any atom is -0.490 e. The third-order valence-electron chi connectivity index (χ3n) is 6.40. The summed E-state index contributed by atoms with van der Waals surface area (Å²) in [6, 6.07) is 9.28. The number of aromatic nitrogens is 4. The summed E-state index contributed by atoms with van der Waals surface area (Å²) in [5.41, 5.74) is 1.48. The second-order valence-electron chi connectivity index (χ2n) is 10.2. The van der Waals surface area contributed by atoms with E-state index in [2.05, 4.69) is 15.1 Å². The average molecular weight is 476 g/mol. The van der Waals surface area contributed by atoms with Crippen molar-refractivity contribution < 1.29 is 19.1 Å². The topological polar surface area (TPSA) is 99.4 Å². The number of carbonyl (C=O) groups is 2. The van der Waals surface area contributed by atoms with Crippen LogP contribution in [0, 0.1) is 11.8 Å². The maximum atomic E-state index is 13.0. The summed E-state index contributed by atoms with van der Waals surface area (Å²) in [5, 5.41) is 4.15. The lowest BCUT2D eigenvalue weighted by Gasteiger charge is -2.20. The molecule has 35 heavy (non-hydrogen) atoms. The smallest absolute Gasteiger partial charge is 0.359 e. The largest absolute Gasteiger partial charge is 0.490 e. The Labute approximate surface area is 204 Å². The third kappa shape index (κ3) is 5.18. The van der Waals surface area contributed by atoms with Gasteiger partial charge in [0, 0.05) is 37.2 Å². The first-order valence-electron chi connectivity index (χ1n) is 11.9. The summed E-state index contributed by atoms with van der Waals surface area (Å²) in [7, 11) is 0. The van der Waals surface area contributed by atoms with E-state index in [1.807, 2.05) is 29.2 Å². The summed E-state index contributed by atoms with van der Waals surface area (Å²) in [5.74, 6) is 1.06. The van der Waals surface area contributed by atoms with Crippen molar-refractivity contribution in [2.45, 2.75) is 45.3 Å². The molecule has 5 rings (SSSR count). The Morgan fingerprint density at radius 2 is 1.71 bits per heavy atom. The molecule has 0 spiro atoms. The number of rotatable bonds is 4. The van der Waals surface area contributed by atoms with Crippen LogP contribution in [0.1, 0.15) is 44.1 Å². The highest BCUT2D eigenvalue weighted by Gasteiger charge is 2.43. The van der Waals surface area contributed by atoms with Crippen LogP contribution in [0.3, 0.4) is 0 Å². The van der Waals surface area contributed by atoms with Gasteiger partial charge >= 0.3 is 12.0 Å².